The van der Waals surface area contributed by atoms with E-state index in [-0.39, 0.29) is 29.9 Å². The number of methoxy groups -OCH3 is 1. The van der Waals surface area contributed by atoms with Crippen molar-refractivity contribution in [3.05, 3.63) is 95.6 Å². The van der Waals surface area contributed by atoms with Gasteiger partial charge in [0, 0.05) is 33.0 Å². The number of nitrogens with one attached hydrogen (secondary N) is 3. The first-order chi connectivity index (χ1) is 16.1. The summed E-state index contributed by atoms with van der Waals surface area (Å²) in [5, 5.41) is 9.57. The Bertz CT molecular complexity index is 1020. The molecule has 180 valence electrons. The van der Waals surface area contributed by atoms with E-state index in [1.54, 1.807) is 14.2 Å². The largest absolute Gasteiger partial charge is 0.495 e. The molecule has 0 unspecified atom stereocenters. The number of carbonyl (C=O) groups excluding carboxylic acids is 1. The lowest BCUT2D eigenvalue weighted by Gasteiger charge is -2.19. The van der Waals surface area contributed by atoms with Gasteiger partial charge in [-0.15, -0.1) is 24.0 Å². The highest BCUT2D eigenvalue weighted by atomic mass is 127. The van der Waals surface area contributed by atoms with Crippen molar-refractivity contribution >= 4 is 41.5 Å². The molecule has 0 bridgehead atoms. The van der Waals surface area contributed by atoms with E-state index in [1.165, 1.54) is 18.1 Å². The van der Waals surface area contributed by atoms with E-state index in [4.69, 9.17) is 4.74 Å². The zero-order chi connectivity index (χ0) is 23.5. The van der Waals surface area contributed by atoms with Gasteiger partial charge in [-0.25, -0.2) is 0 Å². The summed E-state index contributed by atoms with van der Waals surface area (Å²) < 4.78 is 5.33. The Labute approximate surface area is 219 Å². The standard InChI is InChI=1S/C27H32N4O2.HI/c1-20(32)31-25-18-21(14-15-26(25)33-3)19-30-27(28-2)29-17-16-24(22-10-6-4-7-11-22)23-12-8-5-9-13-23;/h4-15,18,24H,16-17,19H2,1-3H3,(H,31,32)(H2,28,29,30);1H. The second-order valence-corrected chi connectivity index (χ2v) is 7.73. The first-order valence-electron chi connectivity index (χ1n) is 11.1. The van der Waals surface area contributed by atoms with Crippen LogP contribution in [-0.2, 0) is 11.3 Å². The van der Waals surface area contributed by atoms with Crippen LogP contribution in [0.15, 0.2) is 83.9 Å². The summed E-state index contributed by atoms with van der Waals surface area (Å²) in [7, 11) is 3.35. The minimum atomic E-state index is -0.137. The monoisotopic (exact) mass is 572 g/mol. The van der Waals surface area contributed by atoms with Crippen LogP contribution in [0.2, 0.25) is 0 Å². The van der Waals surface area contributed by atoms with Gasteiger partial charge in [0.05, 0.1) is 12.8 Å². The molecule has 0 aliphatic heterocycles. The number of amides is 1. The Morgan fingerprint density at radius 1 is 0.941 bits per heavy atom. The first-order valence-corrected chi connectivity index (χ1v) is 11.1. The molecular formula is C27H33IN4O2. The molecule has 0 aromatic heterocycles. The van der Waals surface area contributed by atoms with Crippen molar-refractivity contribution in [1.82, 2.24) is 10.6 Å². The molecular weight excluding hydrogens is 539 g/mol. The van der Waals surface area contributed by atoms with E-state index in [1.807, 2.05) is 30.3 Å². The quantitative estimate of drug-likeness (QED) is 0.188. The smallest absolute Gasteiger partial charge is 0.221 e. The van der Waals surface area contributed by atoms with Crippen LogP contribution in [0.5, 0.6) is 5.75 Å². The predicted molar refractivity (Wildman–Crippen MR) is 150 cm³/mol. The summed E-state index contributed by atoms with van der Waals surface area (Å²) in [6.45, 7) is 2.82. The van der Waals surface area contributed by atoms with Crippen molar-refractivity contribution < 1.29 is 9.53 Å². The van der Waals surface area contributed by atoms with Crippen molar-refractivity contribution in [3.8, 4) is 5.75 Å². The van der Waals surface area contributed by atoms with E-state index in [0.717, 1.165) is 24.5 Å². The highest BCUT2D eigenvalue weighted by molar-refractivity contribution is 14.0. The molecule has 0 aliphatic rings. The molecule has 0 saturated carbocycles. The van der Waals surface area contributed by atoms with Crippen LogP contribution in [0, 0.1) is 0 Å². The maximum absolute atomic E-state index is 11.5. The van der Waals surface area contributed by atoms with Crippen LogP contribution in [-0.4, -0.2) is 32.6 Å². The minimum Gasteiger partial charge on any atom is -0.495 e. The Balaban J connectivity index is 0.00000408. The fourth-order valence-electron chi connectivity index (χ4n) is 3.79. The number of rotatable bonds is 9. The molecule has 0 fully saturated rings. The lowest BCUT2D eigenvalue weighted by molar-refractivity contribution is -0.114. The maximum atomic E-state index is 11.5. The molecule has 0 radical (unpaired) electrons. The van der Waals surface area contributed by atoms with Gasteiger partial charge in [-0.3, -0.25) is 9.79 Å². The second kappa shape index (κ2) is 14.2. The summed E-state index contributed by atoms with van der Waals surface area (Å²) in [6.07, 6.45) is 0.934. The van der Waals surface area contributed by atoms with Gasteiger partial charge in [-0.2, -0.15) is 0 Å². The second-order valence-electron chi connectivity index (χ2n) is 7.73. The molecule has 6 nitrogen and oxygen atoms in total. The highest BCUT2D eigenvalue weighted by Gasteiger charge is 2.14. The van der Waals surface area contributed by atoms with Crippen LogP contribution < -0.4 is 20.7 Å². The summed E-state index contributed by atoms with van der Waals surface area (Å²) in [4.78, 5) is 15.8. The fourth-order valence-corrected chi connectivity index (χ4v) is 3.79. The number of hydrogen-bond acceptors (Lipinski definition) is 3. The third kappa shape index (κ3) is 8.06. The lowest BCUT2D eigenvalue weighted by atomic mass is 9.88. The Morgan fingerprint density at radius 3 is 2.09 bits per heavy atom. The van der Waals surface area contributed by atoms with Gasteiger partial charge in [0.15, 0.2) is 5.96 Å². The molecule has 1 amide bonds. The number of carbonyl (C=O) groups is 1. The van der Waals surface area contributed by atoms with Crippen LogP contribution in [0.1, 0.15) is 36.0 Å². The SMILES string of the molecule is CN=C(NCCC(c1ccccc1)c1ccccc1)NCc1ccc(OC)c(NC(C)=O)c1.I. The first kappa shape index (κ1) is 27.2. The fraction of sp³-hybridized carbons (Fsp3) is 0.259. The molecule has 0 aliphatic carbocycles. The van der Waals surface area contributed by atoms with Crippen LogP contribution in [0.4, 0.5) is 5.69 Å². The Kier molecular flexibility index (Phi) is 11.4. The van der Waals surface area contributed by atoms with Crippen LogP contribution in [0.25, 0.3) is 0 Å². The van der Waals surface area contributed by atoms with Crippen molar-refractivity contribution in [2.24, 2.45) is 4.99 Å². The number of nitrogens with zero attached hydrogens (tertiary/aromatic N) is 1. The predicted octanol–water partition coefficient (Wildman–Crippen LogP) is 5.16. The molecule has 34 heavy (non-hydrogen) atoms. The molecule has 0 atom stereocenters. The average Bonchev–Trinajstić information content (AvgIpc) is 2.84. The summed E-state index contributed by atoms with van der Waals surface area (Å²) in [6, 6.07) is 26.9. The van der Waals surface area contributed by atoms with Gasteiger partial charge in [0.2, 0.25) is 5.91 Å². The maximum Gasteiger partial charge on any atom is 0.221 e. The van der Waals surface area contributed by atoms with Crippen molar-refractivity contribution in [3.63, 3.8) is 0 Å². The van der Waals surface area contributed by atoms with Gasteiger partial charge in [0.1, 0.15) is 5.75 Å². The normalized spacial score (nSPS) is 10.9. The molecule has 0 spiro atoms. The Hall–Kier alpha value is -3.07. The van der Waals surface area contributed by atoms with Gasteiger partial charge in [-0.1, -0.05) is 66.7 Å². The van der Waals surface area contributed by atoms with E-state index in [9.17, 15) is 4.79 Å². The lowest BCUT2D eigenvalue weighted by Crippen LogP contribution is -2.37. The minimum absolute atomic E-state index is 0. The van der Waals surface area contributed by atoms with Gasteiger partial charge in [0.25, 0.3) is 0 Å². The summed E-state index contributed by atoms with van der Waals surface area (Å²) in [5.41, 5.74) is 4.27. The van der Waals surface area contributed by atoms with Gasteiger partial charge < -0.3 is 20.7 Å². The van der Waals surface area contributed by atoms with Crippen LogP contribution >= 0.6 is 24.0 Å². The molecule has 0 heterocycles. The third-order valence-corrected chi connectivity index (χ3v) is 5.39. The van der Waals surface area contributed by atoms with E-state index < -0.39 is 0 Å². The van der Waals surface area contributed by atoms with E-state index in [0.29, 0.717) is 23.9 Å². The molecule has 3 aromatic carbocycles. The number of halogens is 1. The molecule has 3 rings (SSSR count). The van der Waals surface area contributed by atoms with E-state index in [2.05, 4.69) is 69.5 Å². The summed E-state index contributed by atoms with van der Waals surface area (Å²) in [5.74, 6) is 1.53. The number of hydrogen-bond donors (Lipinski definition) is 3. The van der Waals surface area contributed by atoms with E-state index >= 15 is 0 Å². The van der Waals surface area contributed by atoms with Crippen molar-refractivity contribution in [1.29, 1.82) is 0 Å². The number of benzene rings is 3. The number of anilines is 1. The van der Waals surface area contributed by atoms with Gasteiger partial charge >= 0.3 is 0 Å². The average molecular weight is 572 g/mol. The molecule has 7 heteroatoms. The highest BCUT2D eigenvalue weighted by Crippen LogP contribution is 2.27. The number of aliphatic imine (C=N–C) groups is 1. The number of ether oxygens (including phenoxy) is 1. The Morgan fingerprint density at radius 2 is 1.56 bits per heavy atom. The molecule has 3 N–H and O–H groups in total. The zero-order valence-corrected chi connectivity index (χ0v) is 22.2. The topological polar surface area (TPSA) is 74.8 Å². The zero-order valence-electron chi connectivity index (χ0n) is 19.9. The third-order valence-electron chi connectivity index (χ3n) is 5.39. The summed E-state index contributed by atoms with van der Waals surface area (Å²) >= 11 is 0. The van der Waals surface area contributed by atoms with Crippen molar-refractivity contribution in [2.75, 3.05) is 26.0 Å². The molecule has 3 aromatic rings. The van der Waals surface area contributed by atoms with Crippen molar-refractivity contribution in [2.45, 2.75) is 25.8 Å². The number of guanidine groups is 1. The van der Waals surface area contributed by atoms with Crippen LogP contribution in [0.3, 0.4) is 0 Å². The molecule has 0 saturated heterocycles. The van der Waals surface area contributed by atoms with Gasteiger partial charge in [-0.05, 0) is 35.2 Å².